The molecule has 0 aromatic carbocycles. The van der Waals surface area contributed by atoms with E-state index in [4.69, 9.17) is 10.6 Å². The number of aryl methyl sites for hydroxylation is 1. The minimum Gasteiger partial charge on any atom is -1.00 e. The van der Waals surface area contributed by atoms with Gasteiger partial charge in [0.1, 0.15) is 29.9 Å². The fourth-order valence-corrected chi connectivity index (χ4v) is 6.39. The Labute approximate surface area is 260 Å². The number of thiazole rings is 1. The third-order valence-corrected chi connectivity index (χ3v) is 8.15. The van der Waals surface area contributed by atoms with Crippen molar-refractivity contribution in [3.8, 4) is 0 Å². The van der Waals surface area contributed by atoms with Gasteiger partial charge in [-0.05, 0) is 5.57 Å². The Morgan fingerprint density at radius 1 is 1.32 bits per heavy atom. The number of β-lactam (4-membered cyclic amide) rings is 1. The Morgan fingerprint density at radius 2 is 2.00 bits per heavy atom. The van der Waals surface area contributed by atoms with Crippen LogP contribution in [0.1, 0.15) is 7.12 Å². The van der Waals surface area contributed by atoms with Crippen molar-refractivity contribution in [1.82, 2.24) is 30.0 Å². The summed E-state index contributed by atoms with van der Waals surface area (Å²) in [6, 6.07) is -0.995. The predicted octanol–water partition coefficient (Wildman–Crippen LogP) is -6.97. The number of nitrogen functional groups attached to an aromatic ring is 1. The molecule has 2 aromatic rings. The molecule has 0 radical (unpaired) electrons. The average molecular weight is 633 g/mol. The number of aliphatic carboxylic acids is 1. The van der Waals surface area contributed by atoms with Gasteiger partial charge < -0.3 is 38.8 Å². The van der Waals surface area contributed by atoms with Crippen molar-refractivity contribution in [2.75, 3.05) is 24.3 Å². The molecule has 11 N–H and O–H groups in total. The Hall–Kier alpha value is -2.76. The summed E-state index contributed by atoms with van der Waals surface area (Å²) in [6.45, 7) is 0. The Bertz CT molecular complexity index is 1450. The zero-order valence-corrected chi connectivity index (χ0v) is 25.5. The number of nitrogens with one attached hydrogen (secondary N) is 2. The summed E-state index contributed by atoms with van der Waals surface area (Å²) >= 11 is 3.41. The molecule has 2 amide bonds. The maximum Gasteiger partial charge on any atom is 1.00 e. The Balaban J connectivity index is 0. The number of amides is 2. The molecule has 0 saturated carbocycles. The number of anilines is 1. The summed E-state index contributed by atoms with van der Waals surface area (Å²) in [5.74, 6) is -2.30. The van der Waals surface area contributed by atoms with E-state index >= 15 is 0 Å². The number of carbonyl (C=O) groups excluding carboxylic acids is 2. The van der Waals surface area contributed by atoms with E-state index in [2.05, 4.69) is 25.5 Å². The molecule has 0 aliphatic carbocycles. The van der Waals surface area contributed by atoms with E-state index in [9.17, 15) is 29.1 Å². The van der Waals surface area contributed by atoms with E-state index in [-0.39, 0.29) is 86.3 Å². The first-order valence-electron chi connectivity index (χ1n) is 9.96. The number of carboxylic acid groups (broad SMARTS) is 1. The number of hydrogen-bond acceptors (Lipinski definition) is 13. The fourth-order valence-electron chi connectivity index (χ4n) is 3.44. The molecule has 2 aliphatic rings. The van der Waals surface area contributed by atoms with Crippen LogP contribution < -0.4 is 51.7 Å². The summed E-state index contributed by atoms with van der Waals surface area (Å²) in [5.41, 5.74) is 4.00. The third kappa shape index (κ3) is 7.30. The summed E-state index contributed by atoms with van der Waals surface area (Å²) in [5, 5.41) is 19.6. The van der Waals surface area contributed by atoms with Crippen LogP contribution in [0.25, 0.3) is 0 Å². The molecule has 22 heteroatoms. The van der Waals surface area contributed by atoms with Gasteiger partial charge in [-0.3, -0.25) is 33.9 Å². The first kappa shape index (κ1) is 37.2. The number of aromatic amines is 1. The minimum absolute atomic E-state index is 0. The van der Waals surface area contributed by atoms with Gasteiger partial charge >= 0.3 is 46.6 Å². The van der Waals surface area contributed by atoms with E-state index in [0.29, 0.717) is 5.57 Å². The zero-order valence-electron chi connectivity index (χ0n) is 22.1. The van der Waals surface area contributed by atoms with Crippen LogP contribution in [0.5, 0.6) is 0 Å². The number of nitrogens with zero attached hydrogens (tertiary/aromatic N) is 5. The van der Waals surface area contributed by atoms with E-state index in [0.717, 1.165) is 28.0 Å². The van der Waals surface area contributed by atoms with Crippen LogP contribution in [0.2, 0.25) is 0 Å². The minimum atomic E-state index is -1.31. The molecule has 2 atom stereocenters. The maximum atomic E-state index is 12.9. The van der Waals surface area contributed by atoms with Crippen LogP contribution >= 0.6 is 34.9 Å². The van der Waals surface area contributed by atoms with E-state index in [1.807, 2.05) is 0 Å². The standard InChI is InChI=1S/C18H18N8O7S3.Na.3H2O.H/c1-25-18(22-12(28)13(29)23-25)36-4-6-3-34-15-9(14(30)26(15)10(6)16(31)32)21-11(27)8(24-33-2)7-5-35-17(19)20-7;;;;;/h5,9,15H,3-4H2,1-2H3,(H2,19,20)(H,21,27)(H,23,29)(H,31,32);;3*1H2;/q;+1;;;;-1/b24-8-;;;;;/t9-,15-;;;;;/m1...../s1. The van der Waals surface area contributed by atoms with Crippen molar-refractivity contribution in [1.29, 1.82) is 0 Å². The number of thioether (sulfide) groups is 2. The van der Waals surface area contributed by atoms with Gasteiger partial charge in [0.05, 0.1) is 0 Å². The van der Waals surface area contributed by atoms with Crippen LogP contribution in [0.3, 0.4) is 0 Å². The van der Waals surface area contributed by atoms with E-state index < -0.39 is 40.3 Å². The number of fused-ring (bicyclic) bond motifs is 1. The van der Waals surface area contributed by atoms with Crippen molar-refractivity contribution in [2.24, 2.45) is 12.2 Å². The number of carboxylic acids is 1. The van der Waals surface area contributed by atoms with Gasteiger partial charge in [0.25, 0.3) is 11.8 Å². The molecule has 40 heavy (non-hydrogen) atoms. The molecule has 2 aromatic heterocycles. The molecule has 1 fully saturated rings. The SMILES string of the molecule is CO/N=C(\C(=O)N[C@@H]1C(=O)N2C(C(=O)O)=C(CSc3nc(=O)c(=O)[nH]n3C)CS[C@H]12)c1csc(N)n1.O.O.O.[H-].[Na+]. The largest absolute Gasteiger partial charge is 1.00 e. The molecule has 1 saturated heterocycles. The van der Waals surface area contributed by atoms with Crippen molar-refractivity contribution in [3.05, 3.63) is 43.1 Å². The first-order chi connectivity index (χ1) is 17.1. The number of carbonyl (C=O) groups is 3. The topological polar surface area (TPSA) is 309 Å². The van der Waals surface area contributed by atoms with Crippen LogP contribution in [0.15, 0.2) is 36.6 Å². The molecule has 2 aliphatic heterocycles. The molecular formula is C18H25N8NaO10S3. The van der Waals surface area contributed by atoms with Gasteiger partial charge in [-0.1, -0.05) is 16.9 Å². The van der Waals surface area contributed by atoms with E-state index in [1.54, 1.807) is 0 Å². The second kappa shape index (κ2) is 15.3. The fraction of sp³-hybridized carbons (Fsp3) is 0.333. The van der Waals surface area contributed by atoms with Gasteiger partial charge in [-0.15, -0.1) is 23.1 Å². The van der Waals surface area contributed by atoms with Crippen molar-refractivity contribution in [3.63, 3.8) is 0 Å². The van der Waals surface area contributed by atoms with Gasteiger partial charge in [-0.2, -0.15) is 4.98 Å². The van der Waals surface area contributed by atoms with Gasteiger partial charge in [-0.25, -0.2) is 9.78 Å². The number of rotatable bonds is 8. The molecule has 18 nitrogen and oxygen atoms in total. The molecule has 216 valence electrons. The number of oxime groups is 1. The summed E-state index contributed by atoms with van der Waals surface area (Å²) in [7, 11) is 2.74. The zero-order chi connectivity index (χ0) is 26.1. The number of H-pyrrole nitrogens is 1. The quantitative estimate of drug-likeness (QED) is 0.0527. The van der Waals surface area contributed by atoms with Gasteiger partial charge in [0, 0.05) is 23.9 Å². The molecule has 0 bridgehead atoms. The number of nitrogens with two attached hydrogens (primary N) is 1. The predicted molar refractivity (Wildman–Crippen MR) is 143 cm³/mol. The molecule has 4 heterocycles. The summed E-state index contributed by atoms with van der Waals surface area (Å²) in [6.07, 6.45) is 0. The smallest absolute Gasteiger partial charge is 1.00 e. The molecule has 0 unspecified atom stereocenters. The van der Waals surface area contributed by atoms with Crippen molar-refractivity contribution in [2.45, 2.75) is 16.6 Å². The second-order valence-corrected chi connectivity index (χ2v) is 10.2. The van der Waals surface area contributed by atoms with Crippen LogP contribution in [-0.2, 0) is 26.3 Å². The molecular weight excluding hydrogens is 607 g/mol. The first-order valence-corrected chi connectivity index (χ1v) is 12.9. The van der Waals surface area contributed by atoms with E-state index in [1.165, 1.54) is 36.0 Å². The normalized spacial score (nSPS) is 17.6. The summed E-state index contributed by atoms with van der Waals surface area (Å²) < 4.78 is 1.25. The molecule has 4 rings (SSSR count). The third-order valence-electron chi connectivity index (χ3n) is 5.02. The molecule has 0 spiro atoms. The van der Waals surface area contributed by atoms with Crippen LogP contribution in [0.4, 0.5) is 5.13 Å². The van der Waals surface area contributed by atoms with Crippen LogP contribution in [0, 0.1) is 0 Å². The maximum absolute atomic E-state index is 12.9. The number of aromatic nitrogens is 4. The average Bonchev–Trinajstić information content (AvgIpc) is 3.27. The second-order valence-electron chi connectivity index (χ2n) is 7.30. The monoisotopic (exact) mass is 632 g/mol. The van der Waals surface area contributed by atoms with Crippen molar-refractivity contribution < 1.29 is 71.7 Å². The Kier molecular flexibility index (Phi) is 14.2. The van der Waals surface area contributed by atoms with Crippen molar-refractivity contribution >= 4 is 63.5 Å². The number of hydrogen-bond donors (Lipinski definition) is 4. The Morgan fingerprint density at radius 3 is 2.58 bits per heavy atom. The van der Waals surface area contributed by atoms with Gasteiger partial charge in [0.2, 0.25) is 0 Å². The van der Waals surface area contributed by atoms with Crippen LogP contribution in [-0.4, -0.2) is 99.7 Å². The van der Waals surface area contributed by atoms with Gasteiger partial charge in [0.15, 0.2) is 16.0 Å². The summed E-state index contributed by atoms with van der Waals surface area (Å²) in [4.78, 5) is 74.3.